The summed E-state index contributed by atoms with van der Waals surface area (Å²) in [6.07, 6.45) is 4.38. The number of hydrogen-bond donors (Lipinski definition) is 1. The van der Waals surface area contributed by atoms with Crippen LogP contribution in [0.25, 0.3) is 0 Å². The fraction of sp³-hybridized carbons (Fsp3) is 0.731. The highest BCUT2D eigenvalue weighted by atomic mass is 19.1. The number of carbonyl (C=O) groups is 3. The van der Waals surface area contributed by atoms with Gasteiger partial charge in [-0.25, -0.2) is 4.39 Å². The lowest BCUT2D eigenvalue weighted by atomic mass is 9.43. The maximum absolute atomic E-state index is 17.3. The van der Waals surface area contributed by atoms with Gasteiger partial charge < -0.3 is 9.84 Å². The molecule has 4 rings (SSSR count). The molecule has 32 heavy (non-hydrogen) atoms. The van der Waals surface area contributed by atoms with Crippen LogP contribution in [0.1, 0.15) is 67.2 Å². The number of aliphatic hydroxyl groups excluding tert-OH is 1. The van der Waals surface area contributed by atoms with Crippen LogP contribution < -0.4 is 0 Å². The molecule has 176 valence electrons. The lowest BCUT2D eigenvalue weighted by Crippen LogP contribution is -2.70. The van der Waals surface area contributed by atoms with Gasteiger partial charge in [-0.3, -0.25) is 14.4 Å². The van der Waals surface area contributed by atoms with Gasteiger partial charge in [-0.1, -0.05) is 39.3 Å². The van der Waals surface area contributed by atoms with Crippen molar-refractivity contribution in [2.75, 3.05) is 0 Å². The van der Waals surface area contributed by atoms with E-state index in [0.29, 0.717) is 12.8 Å². The first-order chi connectivity index (χ1) is 14.8. The van der Waals surface area contributed by atoms with Gasteiger partial charge in [-0.05, 0) is 57.1 Å². The molecular weight excluding hydrogens is 411 g/mol. The third-order valence-electron chi connectivity index (χ3n) is 9.60. The van der Waals surface area contributed by atoms with Gasteiger partial charge in [-0.15, -0.1) is 0 Å². The van der Waals surface area contributed by atoms with Crippen LogP contribution in [0.2, 0.25) is 0 Å². The van der Waals surface area contributed by atoms with E-state index in [-0.39, 0.29) is 42.2 Å². The number of ketones is 2. The third-order valence-corrected chi connectivity index (χ3v) is 9.60. The molecule has 0 amide bonds. The largest absolute Gasteiger partial charge is 0.450 e. The summed E-state index contributed by atoms with van der Waals surface area (Å²) in [5.41, 5.74) is -4.62. The molecule has 4 aliphatic carbocycles. The van der Waals surface area contributed by atoms with Crippen molar-refractivity contribution in [1.82, 2.24) is 0 Å². The topological polar surface area (TPSA) is 80.7 Å². The number of carbonyl (C=O) groups excluding carboxylic acids is 3. The van der Waals surface area contributed by atoms with Crippen molar-refractivity contribution in [3.05, 3.63) is 23.8 Å². The number of esters is 1. The summed E-state index contributed by atoms with van der Waals surface area (Å²) < 4.78 is 23.2. The first-order valence-electron chi connectivity index (χ1n) is 11.8. The van der Waals surface area contributed by atoms with Crippen LogP contribution in [0.5, 0.6) is 0 Å². The van der Waals surface area contributed by atoms with Crippen LogP contribution in [-0.4, -0.2) is 40.0 Å². The quantitative estimate of drug-likeness (QED) is 0.660. The fourth-order valence-electron chi connectivity index (χ4n) is 8.21. The summed E-state index contributed by atoms with van der Waals surface area (Å²) in [7, 11) is 0. The van der Waals surface area contributed by atoms with E-state index in [4.69, 9.17) is 4.74 Å². The number of Topliss-reactive ketones (excluding diaryl/α,β-unsaturated/α-hetero) is 1. The first-order valence-corrected chi connectivity index (χ1v) is 11.8. The Morgan fingerprint density at radius 1 is 1.22 bits per heavy atom. The Hall–Kier alpha value is -1.82. The molecule has 6 heteroatoms. The molecule has 0 aliphatic heterocycles. The van der Waals surface area contributed by atoms with Gasteiger partial charge in [0.1, 0.15) is 0 Å². The Labute approximate surface area is 189 Å². The second-order valence-corrected chi connectivity index (χ2v) is 11.0. The van der Waals surface area contributed by atoms with E-state index in [1.54, 1.807) is 19.9 Å². The van der Waals surface area contributed by atoms with Crippen molar-refractivity contribution in [2.45, 2.75) is 84.6 Å². The highest BCUT2D eigenvalue weighted by Crippen LogP contribution is 2.72. The van der Waals surface area contributed by atoms with Crippen molar-refractivity contribution >= 4 is 17.5 Å². The minimum atomic E-state index is -1.98. The van der Waals surface area contributed by atoms with Gasteiger partial charge in [0.25, 0.3) is 0 Å². The van der Waals surface area contributed by atoms with Crippen LogP contribution in [0.4, 0.5) is 4.39 Å². The molecule has 0 spiro atoms. The average molecular weight is 447 g/mol. The molecule has 3 fully saturated rings. The number of allylic oxidation sites excluding steroid dienone is 4. The Bertz CT molecular complexity index is 939. The fourth-order valence-corrected chi connectivity index (χ4v) is 8.21. The monoisotopic (exact) mass is 446 g/mol. The molecule has 1 N–H and O–H groups in total. The van der Waals surface area contributed by atoms with E-state index in [0.717, 1.165) is 5.57 Å². The van der Waals surface area contributed by atoms with Crippen LogP contribution in [0, 0.1) is 34.5 Å². The Morgan fingerprint density at radius 2 is 1.88 bits per heavy atom. The predicted octanol–water partition coefficient (Wildman–Crippen LogP) is 4.13. The third kappa shape index (κ3) is 2.56. The summed E-state index contributed by atoms with van der Waals surface area (Å²) in [6.45, 7) is 10.7. The van der Waals surface area contributed by atoms with Crippen molar-refractivity contribution in [3.63, 3.8) is 0 Å². The average Bonchev–Trinajstić information content (AvgIpc) is 2.93. The van der Waals surface area contributed by atoms with Crippen molar-refractivity contribution in [2.24, 2.45) is 34.5 Å². The summed E-state index contributed by atoms with van der Waals surface area (Å²) in [6, 6.07) is 0. The zero-order chi connectivity index (χ0) is 23.9. The molecular formula is C26H35FO5. The minimum absolute atomic E-state index is 0.0185. The van der Waals surface area contributed by atoms with E-state index < -0.39 is 40.1 Å². The standard InChI is InChI=1S/C26H35FO5/c1-7-22(31)32-26(16(4)28)15(3)11-19-20-10-14(2)18-12-17(29)8-9-23(18,5)25(20,27)21(30)13-24(19,26)6/h8-9,12,14-15,19-21,30H,7,10-11,13H2,1-6H3/t14-,15-,19-,20-,21-,23-,24-,25-,26-/m0/s1. The zero-order valence-corrected chi connectivity index (χ0v) is 19.9. The molecule has 0 aromatic heterocycles. The molecule has 0 aromatic rings. The van der Waals surface area contributed by atoms with Gasteiger partial charge >= 0.3 is 5.97 Å². The lowest BCUT2D eigenvalue weighted by Gasteiger charge is -2.63. The molecule has 5 nitrogen and oxygen atoms in total. The Balaban J connectivity index is 1.87. The summed E-state index contributed by atoms with van der Waals surface area (Å²) >= 11 is 0. The van der Waals surface area contributed by atoms with E-state index >= 15 is 4.39 Å². The number of halogens is 1. The van der Waals surface area contributed by atoms with Gasteiger partial charge in [-0.2, -0.15) is 0 Å². The van der Waals surface area contributed by atoms with E-state index in [1.807, 2.05) is 20.8 Å². The summed E-state index contributed by atoms with van der Waals surface area (Å²) in [4.78, 5) is 37.6. The molecule has 0 bridgehead atoms. The van der Waals surface area contributed by atoms with Gasteiger partial charge in [0.05, 0.1) is 6.10 Å². The molecule has 0 radical (unpaired) electrons. The second kappa shape index (κ2) is 7.09. The minimum Gasteiger partial charge on any atom is -0.450 e. The molecule has 4 aliphatic rings. The van der Waals surface area contributed by atoms with Crippen LogP contribution in [-0.2, 0) is 19.1 Å². The highest BCUT2D eigenvalue weighted by molar-refractivity contribution is 6.01. The predicted molar refractivity (Wildman–Crippen MR) is 117 cm³/mol. The van der Waals surface area contributed by atoms with Gasteiger partial charge in [0.15, 0.2) is 22.8 Å². The zero-order valence-electron chi connectivity index (χ0n) is 19.9. The number of ether oxygens (including phenoxy) is 1. The Kier molecular flexibility index (Phi) is 5.17. The van der Waals surface area contributed by atoms with E-state index in [9.17, 15) is 19.5 Å². The molecule has 0 saturated heterocycles. The smallest absolute Gasteiger partial charge is 0.306 e. The van der Waals surface area contributed by atoms with Crippen LogP contribution in [0.3, 0.4) is 0 Å². The summed E-state index contributed by atoms with van der Waals surface area (Å²) in [5.74, 6) is -1.96. The summed E-state index contributed by atoms with van der Waals surface area (Å²) in [5, 5.41) is 11.5. The first kappa shape index (κ1) is 23.3. The lowest BCUT2D eigenvalue weighted by molar-refractivity contribution is -0.229. The van der Waals surface area contributed by atoms with Gasteiger partial charge in [0.2, 0.25) is 0 Å². The number of alkyl halides is 1. The van der Waals surface area contributed by atoms with Crippen LogP contribution >= 0.6 is 0 Å². The highest BCUT2D eigenvalue weighted by Gasteiger charge is 2.77. The number of aliphatic hydroxyl groups is 1. The number of hydrogen-bond acceptors (Lipinski definition) is 5. The van der Waals surface area contributed by atoms with E-state index in [1.165, 1.54) is 19.1 Å². The molecule has 3 saturated carbocycles. The number of fused-ring (bicyclic) bond motifs is 5. The maximum Gasteiger partial charge on any atom is 0.306 e. The van der Waals surface area contributed by atoms with E-state index in [2.05, 4.69) is 0 Å². The second-order valence-electron chi connectivity index (χ2n) is 11.0. The molecule has 0 aromatic carbocycles. The van der Waals surface area contributed by atoms with Crippen molar-refractivity contribution in [1.29, 1.82) is 0 Å². The van der Waals surface area contributed by atoms with Gasteiger partial charge in [0, 0.05) is 29.1 Å². The molecule has 0 unspecified atom stereocenters. The maximum atomic E-state index is 17.3. The Morgan fingerprint density at radius 3 is 2.47 bits per heavy atom. The number of rotatable bonds is 3. The molecule has 9 atom stereocenters. The molecule has 0 heterocycles. The van der Waals surface area contributed by atoms with Crippen LogP contribution in [0.15, 0.2) is 23.8 Å². The van der Waals surface area contributed by atoms with Crippen molar-refractivity contribution < 1.29 is 28.6 Å². The van der Waals surface area contributed by atoms with Crippen molar-refractivity contribution in [3.8, 4) is 0 Å². The normalized spacial score (nSPS) is 49.6. The SMILES string of the molecule is CCC(=O)O[C@]1(C(C)=O)[C@@H](C)C[C@H]2[C@@H]3C[C@H](C)C4=CC(=O)C=C[C@]4(C)[C@@]3(F)[C@@H](O)C[C@@]21C.